The molecule has 0 unspecified atom stereocenters. The van der Waals surface area contributed by atoms with Crippen molar-refractivity contribution in [1.82, 2.24) is 4.31 Å². The number of halogens is 3. The maximum Gasteiger partial charge on any atom is 0.416 e. The van der Waals surface area contributed by atoms with E-state index < -0.39 is 40.0 Å². The van der Waals surface area contributed by atoms with Crippen LogP contribution in [-0.4, -0.2) is 44.9 Å². The molecule has 1 amide bonds. The first-order chi connectivity index (χ1) is 12.6. The average molecular weight is 410 g/mol. The molecule has 0 saturated carbocycles. The maximum atomic E-state index is 12.8. The lowest BCUT2D eigenvalue weighted by Crippen LogP contribution is -2.40. The monoisotopic (exact) mass is 410 g/mol. The minimum atomic E-state index is -4.57. The van der Waals surface area contributed by atoms with Crippen molar-refractivity contribution < 1.29 is 31.1 Å². The number of primary amides is 1. The fourth-order valence-corrected chi connectivity index (χ4v) is 3.84. The summed E-state index contributed by atoms with van der Waals surface area (Å²) >= 11 is 0. The lowest BCUT2D eigenvalue weighted by atomic mass is 10.1. The molecule has 0 bridgehead atoms. The zero-order valence-electron chi connectivity index (χ0n) is 15.2. The van der Waals surface area contributed by atoms with Crippen LogP contribution in [0.15, 0.2) is 24.3 Å². The SMILES string of the molecule is CCCCOCCCN(CC(N)=O)S(=O)(=O)Cc1cccc(C(F)(F)F)c1. The summed E-state index contributed by atoms with van der Waals surface area (Å²) in [4.78, 5) is 11.2. The summed E-state index contributed by atoms with van der Waals surface area (Å²) in [6.45, 7) is 2.35. The largest absolute Gasteiger partial charge is 0.416 e. The van der Waals surface area contributed by atoms with Crippen molar-refractivity contribution in [3.05, 3.63) is 35.4 Å². The lowest BCUT2D eigenvalue weighted by molar-refractivity contribution is -0.137. The summed E-state index contributed by atoms with van der Waals surface area (Å²) in [7, 11) is -4.02. The number of sulfonamides is 1. The second-order valence-corrected chi connectivity index (χ2v) is 8.04. The predicted molar refractivity (Wildman–Crippen MR) is 95.2 cm³/mol. The maximum absolute atomic E-state index is 12.8. The first-order valence-electron chi connectivity index (χ1n) is 8.56. The highest BCUT2D eigenvalue weighted by atomic mass is 32.2. The standard InChI is InChI=1S/C17H25F3N2O4S/c1-2-3-9-26-10-5-8-22(12-16(21)23)27(24,25)13-14-6-4-7-15(11-14)17(18,19)20/h4,6-7,11H,2-3,5,8-10,12-13H2,1H3,(H2,21,23). The van der Waals surface area contributed by atoms with Crippen molar-refractivity contribution in [2.24, 2.45) is 5.73 Å². The van der Waals surface area contributed by atoms with E-state index in [1.165, 1.54) is 6.07 Å². The molecule has 154 valence electrons. The van der Waals surface area contributed by atoms with Crippen LogP contribution in [0.3, 0.4) is 0 Å². The van der Waals surface area contributed by atoms with Crippen LogP contribution >= 0.6 is 0 Å². The summed E-state index contributed by atoms with van der Waals surface area (Å²) < 4.78 is 69.7. The molecule has 27 heavy (non-hydrogen) atoms. The Morgan fingerprint density at radius 2 is 1.89 bits per heavy atom. The Labute approximate surface area is 157 Å². The Hall–Kier alpha value is -1.65. The minimum Gasteiger partial charge on any atom is -0.381 e. The van der Waals surface area contributed by atoms with Crippen molar-refractivity contribution in [1.29, 1.82) is 0 Å². The number of ether oxygens (including phenoxy) is 1. The number of nitrogens with two attached hydrogens (primary N) is 1. The molecule has 0 aromatic heterocycles. The van der Waals surface area contributed by atoms with Gasteiger partial charge in [0.2, 0.25) is 15.9 Å². The van der Waals surface area contributed by atoms with Gasteiger partial charge in [-0.3, -0.25) is 4.79 Å². The molecule has 1 rings (SSSR count). The number of unbranched alkanes of at least 4 members (excludes halogenated alkanes) is 1. The Bertz CT molecular complexity index is 708. The van der Waals surface area contributed by atoms with Crippen LogP contribution in [0.4, 0.5) is 13.2 Å². The molecular weight excluding hydrogens is 385 g/mol. The molecule has 0 atom stereocenters. The van der Waals surface area contributed by atoms with E-state index in [0.717, 1.165) is 35.3 Å². The molecule has 2 N–H and O–H groups in total. The second kappa shape index (κ2) is 10.6. The van der Waals surface area contributed by atoms with E-state index in [4.69, 9.17) is 10.5 Å². The normalized spacial score (nSPS) is 12.5. The third-order valence-electron chi connectivity index (χ3n) is 3.67. The summed E-state index contributed by atoms with van der Waals surface area (Å²) in [6.07, 6.45) is -2.36. The van der Waals surface area contributed by atoms with Crippen molar-refractivity contribution in [2.75, 3.05) is 26.3 Å². The Kier molecular flexibility index (Phi) is 9.20. The van der Waals surface area contributed by atoms with Crippen molar-refractivity contribution in [3.8, 4) is 0 Å². The van der Waals surface area contributed by atoms with Gasteiger partial charge in [0.25, 0.3) is 0 Å². The van der Waals surface area contributed by atoms with Crippen LogP contribution in [0, 0.1) is 0 Å². The second-order valence-electron chi connectivity index (χ2n) is 6.07. The lowest BCUT2D eigenvalue weighted by Gasteiger charge is -2.21. The molecule has 1 aromatic carbocycles. The number of rotatable bonds is 12. The number of amides is 1. The number of carbonyl (C=O) groups is 1. The smallest absolute Gasteiger partial charge is 0.381 e. The third-order valence-corrected chi connectivity index (χ3v) is 5.46. The molecule has 0 radical (unpaired) electrons. The highest BCUT2D eigenvalue weighted by molar-refractivity contribution is 7.88. The van der Waals surface area contributed by atoms with E-state index in [-0.39, 0.29) is 12.1 Å². The first kappa shape index (κ1) is 23.4. The molecule has 0 saturated heterocycles. The van der Waals surface area contributed by atoms with Gasteiger partial charge in [-0.15, -0.1) is 0 Å². The average Bonchev–Trinajstić information content (AvgIpc) is 2.55. The summed E-state index contributed by atoms with van der Waals surface area (Å²) in [5, 5.41) is 0. The summed E-state index contributed by atoms with van der Waals surface area (Å²) in [5.41, 5.74) is 4.16. The number of hydrogen-bond acceptors (Lipinski definition) is 4. The van der Waals surface area contributed by atoms with Gasteiger partial charge in [0.05, 0.1) is 17.9 Å². The Balaban J connectivity index is 2.80. The molecule has 1 aromatic rings. The van der Waals surface area contributed by atoms with Gasteiger partial charge in [0.1, 0.15) is 0 Å². The number of nitrogens with zero attached hydrogens (tertiary/aromatic N) is 1. The van der Waals surface area contributed by atoms with E-state index in [9.17, 15) is 26.4 Å². The fraction of sp³-hybridized carbons (Fsp3) is 0.588. The van der Waals surface area contributed by atoms with Gasteiger partial charge in [-0.1, -0.05) is 31.5 Å². The number of carbonyl (C=O) groups excluding carboxylic acids is 1. The molecule has 0 spiro atoms. The number of alkyl halides is 3. The van der Waals surface area contributed by atoms with E-state index in [2.05, 4.69) is 0 Å². The van der Waals surface area contributed by atoms with Crippen LogP contribution in [0.1, 0.15) is 37.3 Å². The zero-order chi connectivity index (χ0) is 20.5. The van der Waals surface area contributed by atoms with E-state index in [1.54, 1.807) is 0 Å². The van der Waals surface area contributed by atoms with Gasteiger partial charge < -0.3 is 10.5 Å². The van der Waals surface area contributed by atoms with Gasteiger partial charge in [-0.2, -0.15) is 17.5 Å². The molecule has 0 aliphatic rings. The van der Waals surface area contributed by atoms with Gasteiger partial charge in [-0.25, -0.2) is 8.42 Å². The topological polar surface area (TPSA) is 89.7 Å². The van der Waals surface area contributed by atoms with E-state index in [1.807, 2.05) is 6.92 Å². The van der Waals surface area contributed by atoms with Crippen LogP contribution in [0.2, 0.25) is 0 Å². The van der Waals surface area contributed by atoms with Crippen molar-refractivity contribution >= 4 is 15.9 Å². The summed E-state index contributed by atoms with van der Waals surface area (Å²) in [6, 6.07) is 4.09. The minimum absolute atomic E-state index is 0.00361. The highest BCUT2D eigenvalue weighted by Gasteiger charge is 2.31. The first-order valence-corrected chi connectivity index (χ1v) is 10.2. The Morgan fingerprint density at radius 3 is 2.48 bits per heavy atom. The van der Waals surface area contributed by atoms with Crippen LogP contribution in [-0.2, 0) is 31.5 Å². The van der Waals surface area contributed by atoms with Crippen molar-refractivity contribution in [3.63, 3.8) is 0 Å². The quantitative estimate of drug-likeness (QED) is 0.536. The van der Waals surface area contributed by atoms with Crippen LogP contribution in [0.25, 0.3) is 0 Å². The van der Waals surface area contributed by atoms with Gasteiger partial charge >= 0.3 is 6.18 Å². The van der Waals surface area contributed by atoms with Gasteiger partial charge in [0.15, 0.2) is 0 Å². The van der Waals surface area contributed by atoms with E-state index in [0.29, 0.717) is 19.6 Å². The number of benzene rings is 1. The molecule has 10 heteroatoms. The fourth-order valence-electron chi connectivity index (χ4n) is 2.32. The molecule has 6 nitrogen and oxygen atoms in total. The third kappa shape index (κ3) is 8.72. The Morgan fingerprint density at radius 1 is 1.22 bits per heavy atom. The molecule has 0 heterocycles. The summed E-state index contributed by atoms with van der Waals surface area (Å²) in [5.74, 6) is -1.49. The molecule has 0 aliphatic carbocycles. The molecule has 0 fully saturated rings. The van der Waals surface area contributed by atoms with Crippen molar-refractivity contribution in [2.45, 2.75) is 38.1 Å². The predicted octanol–water partition coefficient (Wildman–Crippen LogP) is 2.53. The van der Waals surface area contributed by atoms with Gasteiger partial charge in [0, 0.05) is 19.8 Å². The molecule has 0 aliphatic heterocycles. The zero-order valence-corrected chi connectivity index (χ0v) is 16.0. The molecular formula is C17H25F3N2O4S. The highest BCUT2D eigenvalue weighted by Crippen LogP contribution is 2.30. The van der Waals surface area contributed by atoms with Crippen LogP contribution in [0.5, 0.6) is 0 Å². The van der Waals surface area contributed by atoms with Gasteiger partial charge in [-0.05, 0) is 24.5 Å². The number of hydrogen-bond donors (Lipinski definition) is 1. The van der Waals surface area contributed by atoms with Crippen LogP contribution < -0.4 is 5.73 Å². The van der Waals surface area contributed by atoms with E-state index >= 15 is 0 Å².